The second-order valence-electron chi connectivity index (χ2n) is 6.89. The molecule has 1 aliphatic rings. The van der Waals surface area contributed by atoms with Gasteiger partial charge in [-0.15, -0.1) is 0 Å². The molecule has 0 aliphatic carbocycles. The zero-order chi connectivity index (χ0) is 19.2. The number of piperazine rings is 1. The molecule has 1 fully saturated rings. The maximum Gasteiger partial charge on any atom is 0.227 e. The second kappa shape index (κ2) is 8.71. The van der Waals surface area contributed by atoms with Crippen molar-refractivity contribution in [3.05, 3.63) is 65.2 Å². The van der Waals surface area contributed by atoms with E-state index in [1.165, 1.54) is 0 Å². The third kappa shape index (κ3) is 4.88. The van der Waals surface area contributed by atoms with Gasteiger partial charge in [0.05, 0.1) is 20.0 Å². The molecule has 0 spiro atoms. The maximum atomic E-state index is 12.6. The molecule has 2 aromatic carbocycles. The zero-order valence-electron chi connectivity index (χ0n) is 16.0. The molecule has 0 aromatic heterocycles. The predicted molar refractivity (Wildman–Crippen MR) is 105 cm³/mol. The third-order valence-electron chi connectivity index (χ3n) is 5.08. The van der Waals surface area contributed by atoms with Crippen LogP contribution >= 0.6 is 0 Å². The van der Waals surface area contributed by atoms with Crippen LogP contribution in [0.5, 0.6) is 5.75 Å². The van der Waals surface area contributed by atoms with Crippen LogP contribution in [0.1, 0.15) is 16.7 Å². The summed E-state index contributed by atoms with van der Waals surface area (Å²) in [6.07, 6.45) is 0.777. The Morgan fingerprint density at radius 3 is 2.15 bits per heavy atom. The number of hydrogen-bond donors (Lipinski definition) is 0. The molecule has 0 unspecified atom stereocenters. The Labute approximate surface area is 160 Å². The van der Waals surface area contributed by atoms with E-state index in [9.17, 15) is 9.59 Å². The Bertz CT molecular complexity index is 811. The number of hydrogen-bond acceptors (Lipinski definition) is 3. The molecule has 5 nitrogen and oxygen atoms in total. The van der Waals surface area contributed by atoms with Crippen molar-refractivity contribution in [1.82, 2.24) is 9.80 Å². The summed E-state index contributed by atoms with van der Waals surface area (Å²) in [6, 6.07) is 15.6. The van der Waals surface area contributed by atoms with Crippen LogP contribution in [0, 0.1) is 6.92 Å². The molecular formula is C22H26N2O3. The van der Waals surface area contributed by atoms with Crippen molar-refractivity contribution in [2.24, 2.45) is 0 Å². The van der Waals surface area contributed by atoms with Gasteiger partial charge >= 0.3 is 0 Å². The summed E-state index contributed by atoms with van der Waals surface area (Å²) in [7, 11) is 1.62. The first-order valence-electron chi connectivity index (χ1n) is 9.30. The number of carbonyl (C=O) groups is 2. The van der Waals surface area contributed by atoms with Crippen LogP contribution in [0.3, 0.4) is 0 Å². The largest absolute Gasteiger partial charge is 0.497 e. The topological polar surface area (TPSA) is 49.9 Å². The van der Waals surface area contributed by atoms with Crippen LogP contribution in [-0.4, -0.2) is 54.9 Å². The van der Waals surface area contributed by atoms with Gasteiger partial charge in [-0.1, -0.05) is 36.4 Å². The first kappa shape index (κ1) is 19.0. The van der Waals surface area contributed by atoms with Crippen molar-refractivity contribution in [2.75, 3.05) is 33.3 Å². The van der Waals surface area contributed by atoms with Gasteiger partial charge in [0.25, 0.3) is 0 Å². The summed E-state index contributed by atoms with van der Waals surface area (Å²) in [5.74, 6) is 0.977. The summed E-state index contributed by atoms with van der Waals surface area (Å²) in [6.45, 7) is 4.38. The fourth-order valence-corrected chi connectivity index (χ4v) is 3.36. The van der Waals surface area contributed by atoms with Crippen molar-refractivity contribution < 1.29 is 14.3 Å². The molecule has 0 bridgehead atoms. The monoisotopic (exact) mass is 366 g/mol. The average Bonchev–Trinajstić information content (AvgIpc) is 2.70. The number of ether oxygens (including phenoxy) is 1. The van der Waals surface area contributed by atoms with Gasteiger partial charge < -0.3 is 14.5 Å². The molecule has 1 saturated heterocycles. The number of nitrogens with zero attached hydrogens (tertiary/aromatic N) is 2. The maximum absolute atomic E-state index is 12.6. The van der Waals surface area contributed by atoms with Gasteiger partial charge in [-0.05, 0) is 35.7 Å². The van der Waals surface area contributed by atoms with Gasteiger partial charge in [-0.2, -0.15) is 0 Å². The molecule has 1 heterocycles. The Morgan fingerprint density at radius 1 is 0.889 bits per heavy atom. The lowest BCUT2D eigenvalue weighted by atomic mass is 10.1. The number of amides is 2. The Morgan fingerprint density at radius 2 is 1.52 bits per heavy atom. The SMILES string of the molecule is COc1cccc(CC(=O)N2CCN(C(=O)Cc3ccccc3C)CC2)c1. The minimum atomic E-state index is 0.0919. The summed E-state index contributed by atoms with van der Waals surface area (Å²) >= 11 is 0. The van der Waals surface area contributed by atoms with Crippen LogP contribution < -0.4 is 4.74 Å². The lowest BCUT2D eigenvalue weighted by molar-refractivity contribution is -0.138. The van der Waals surface area contributed by atoms with E-state index < -0.39 is 0 Å². The van der Waals surface area contributed by atoms with Gasteiger partial charge in [0.2, 0.25) is 11.8 Å². The summed E-state index contributed by atoms with van der Waals surface area (Å²) in [4.78, 5) is 28.8. The number of benzene rings is 2. The van der Waals surface area contributed by atoms with Crippen molar-refractivity contribution in [1.29, 1.82) is 0 Å². The fraction of sp³-hybridized carbons (Fsp3) is 0.364. The number of rotatable bonds is 5. The van der Waals surface area contributed by atoms with Crippen molar-refractivity contribution in [3.8, 4) is 5.75 Å². The Hall–Kier alpha value is -2.82. The number of methoxy groups -OCH3 is 1. The molecule has 5 heteroatoms. The molecule has 0 saturated carbocycles. The molecule has 1 aliphatic heterocycles. The fourth-order valence-electron chi connectivity index (χ4n) is 3.36. The highest BCUT2D eigenvalue weighted by Gasteiger charge is 2.24. The minimum Gasteiger partial charge on any atom is -0.497 e. The standard InChI is InChI=1S/C22H26N2O3/c1-17-6-3-4-8-19(17)16-22(26)24-12-10-23(11-13-24)21(25)15-18-7-5-9-20(14-18)27-2/h3-9,14H,10-13,15-16H2,1-2H3. The number of aryl methyl sites for hydroxylation is 1. The Balaban J connectivity index is 1.51. The molecule has 142 valence electrons. The highest BCUT2D eigenvalue weighted by Crippen LogP contribution is 2.15. The van der Waals surface area contributed by atoms with Crippen LogP contribution in [0.25, 0.3) is 0 Å². The van der Waals surface area contributed by atoms with Gasteiger partial charge in [-0.25, -0.2) is 0 Å². The lowest BCUT2D eigenvalue weighted by Crippen LogP contribution is -2.51. The first-order chi connectivity index (χ1) is 13.1. The highest BCUT2D eigenvalue weighted by molar-refractivity contribution is 5.81. The average molecular weight is 366 g/mol. The van der Waals surface area contributed by atoms with Crippen molar-refractivity contribution in [2.45, 2.75) is 19.8 Å². The van der Waals surface area contributed by atoms with E-state index in [4.69, 9.17) is 4.74 Å². The number of carbonyl (C=O) groups excluding carboxylic acids is 2. The van der Waals surface area contributed by atoms with Gasteiger partial charge in [0.15, 0.2) is 0 Å². The van der Waals surface area contributed by atoms with Crippen LogP contribution in [0.15, 0.2) is 48.5 Å². The van der Waals surface area contributed by atoms with E-state index >= 15 is 0 Å². The third-order valence-corrected chi connectivity index (χ3v) is 5.08. The van der Waals surface area contributed by atoms with Gasteiger partial charge in [0, 0.05) is 26.2 Å². The van der Waals surface area contributed by atoms with Crippen LogP contribution in [-0.2, 0) is 22.4 Å². The quantitative estimate of drug-likeness (QED) is 0.817. The van der Waals surface area contributed by atoms with E-state index in [1.807, 2.05) is 65.3 Å². The highest BCUT2D eigenvalue weighted by atomic mass is 16.5. The molecule has 0 N–H and O–H groups in total. The normalized spacial score (nSPS) is 14.1. The van der Waals surface area contributed by atoms with E-state index in [0.29, 0.717) is 39.0 Å². The smallest absolute Gasteiger partial charge is 0.227 e. The minimum absolute atomic E-state index is 0.0919. The van der Waals surface area contributed by atoms with Crippen molar-refractivity contribution >= 4 is 11.8 Å². The molecule has 3 rings (SSSR count). The first-order valence-corrected chi connectivity index (χ1v) is 9.30. The van der Waals surface area contributed by atoms with Crippen LogP contribution in [0.2, 0.25) is 0 Å². The van der Waals surface area contributed by atoms with E-state index in [-0.39, 0.29) is 11.8 Å². The van der Waals surface area contributed by atoms with E-state index in [1.54, 1.807) is 7.11 Å². The molecule has 2 amide bonds. The Kier molecular flexibility index (Phi) is 6.12. The van der Waals surface area contributed by atoms with Crippen LogP contribution in [0.4, 0.5) is 0 Å². The molecule has 2 aromatic rings. The summed E-state index contributed by atoms with van der Waals surface area (Å²) < 4.78 is 5.21. The zero-order valence-corrected chi connectivity index (χ0v) is 16.0. The second-order valence-corrected chi connectivity index (χ2v) is 6.89. The summed E-state index contributed by atoms with van der Waals surface area (Å²) in [5.41, 5.74) is 3.15. The molecular weight excluding hydrogens is 340 g/mol. The van der Waals surface area contributed by atoms with Crippen molar-refractivity contribution in [3.63, 3.8) is 0 Å². The van der Waals surface area contributed by atoms with E-state index in [2.05, 4.69) is 0 Å². The molecule has 27 heavy (non-hydrogen) atoms. The predicted octanol–water partition coefficient (Wildman–Crippen LogP) is 2.46. The summed E-state index contributed by atoms with van der Waals surface area (Å²) in [5, 5.41) is 0. The van der Waals surface area contributed by atoms with Gasteiger partial charge in [-0.3, -0.25) is 9.59 Å². The molecule has 0 radical (unpaired) electrons. The lowest BCUT2D eigenvalue weighted by Gasteiger charge is -2.35. The molecule has 0 atom stereocenters. The van der Waals surface area contributed by atoms with Gasteiger partial charge in [0.1, 0.15) is 5.75 Å². The van der Waals surface area contributed by atoms with E-state index in [0.717, 1.165) is 22.4 Å².